The number of anilines is 1. The van der Waals surface area contributed by atoms with E-state index in [1.54, 1.807) is 0 Å². The molecule has 1 aliphatic heterocycles. The van der Waals surface area contributed by atoms with Crippen molar-refractivity contribution in [1.82, 2.24) is 5.32 Å². The minimum Gasteiger partial charge on any atom is -0.384 e. The van der Waals surface area contributed by atoms with Gasteiger partial charge < -0.3 is 10.6 Å². The van der Waals surface area contributed by atoms with Gasteiger partial charge in [-0.2, -0.15) is 0 Å². The van der Waals surface area contributed by atoms with Crippen molar-refractivity contribution in [3.8, 4) is 0 Å². The smallest absolute Gasteiger partial charge is 0.0373 e. The summed E-state index contributed by atoms with van der Waals surface area (Å²) in [6.45, 7) is 4.28. The van der Waals surface area contributed by atoms with E-state index in [1.807, 2.05) is 0 Å². The third-order valence-electron chi connectivity index (χ3n) is 3.92. The molecule has 0 spiro atoms. The van der Waals surface area contributed by atoms with Crippen molar-refractivity contribution in [2.45, 2.75) is 32.4 Å². The number of fused-ring (bicyclic) bond motifs is 1. The fraction of sp³-hybridized carbons (Fsp3) is 0.333. The molecule has 0 amide bonds. The molecule has 2 N–H and O–H groups in total. The van der Waals surface area contributed by atoms with Crippen molar-refractivity contribution in [2.75, 3.05) is 11.9 Å². The zero-order valence-electron chi connectivity index (χ0n) is 12.0. The number of hydrogen-bond acceptors (Lipinski definition) is 2. The minimum atomic E-state index is 0.489. The van der Waals surface area contributed by atoms with Gasteiger partial charge in [-0.3, -0.25) is 0 Å². The SMILES string of the molecule is CC(Cc1ccc2c(c1)CCN2)NCc1ccccc1. The van der Waals surface area contributed by atoms with Crippen LogP contribution in [0.5, 0.6) is 0 Å². The summed E-state index contributed by atoms with van der Waals surface area (Å²) in [5, 5.41) is 7.01. The van der Waals surface area contributed by atoms with Crippen LogP contribution in [0.1, 0.15) is 23.6 Å². The summed E-state index contributed by atoms with van der Waals surface area (Å²) in [5.74, 6) is 0. The molecule has 2 nitrogen and oxygen atoms in total. The average Bonchev–Trinajstić information content (AvgIpc) is 2.94. The molecular weight excluding hydrogens is 244 g/mol. The molecule has 3 rings (SSSR count). The standard InChI is InChI=1S/C18H22N2/c1-14(20-13-15-5-3-2-4-6-15)11-16-7-8-18-17(12-16)9-10-19-18/h2-8,12,14,19-20H,9-11,13H2,1H3. The van der Waals surface area contributed by atoms with E-state index in [0.29, 0.717) is 6.04 Å². The van der Waals surface area contributed by atoms with E-state index >= 15 is 0 Å². The number of nitrogens with one attached hydrogen (secondary N) is 2. The maximum absolute atomic E-state index is 3.60. The van der Waals surface area contributed by atoms with Gasteiger partial charge >= 0.3 is 0 Å². The first-order valence-corrected chi connectivity index (χ1v) is 7.44. The Morgan fingerprint density at radius 1 is 1.10 bits per heavy atom. The van der Waals surface area contributed by atoms with Crippen LogP contribution in [0, 0.1) is 0 Å². The lowest BCUT2D eigenvalue weighted by atomic mass is 10.0. The van der Waals surface area contributed by atoms with Crippen LogP contribution in [-0.4, -0.2) is 12.6 Å². The third-order valence-corrected chi connectivity index (χ3v) is 3.92. The van der Waals surface area contributed by atoms with Crippen LogP contribution in [0.4, 0.5) is 5.69 Å². The van der Waals surface area contributed by atoms with E-state index in [9.17, 15) is 0 Å². The van der Waals surface area contributed by atoms with Crippen LogP contribution in [0.3, 0.4) is 0 Å². The topological polar surface area (TPSA) is 24.1 Å². The van der Waals surface area contributed by atoms with E-state index in [-0.39, 0.29) is 0 Å². The van der Waals surface area contributed by atoms with Gasteiger partial charge in [-0.15, -0.1) is 0 Å². The Morgan fingerprint density at radius 2 is 1.95 bits per heavy atom. The summed E-state index contributed by atoms with van der Waals surface area (Å²) in [6, 6.07) is 17.9. The Hall–Kier alpha value is -1.80. The molecule has 1 atom stereocenters. The van der Waals surface area contributed by atoms with E-state index < -0.39 is 0 Å². The molecule has 104 valence electrons. The maximum Gasteiger partial charge on any atom is 0.0373 e. The average molecular weight is 266 g/mol. The van der Waals surface area contributed by atoms with Crippen LogP contribution in [0.15, 0.2) is 48.5 Å². The molecule has 0 fully saturated rings. The fourth-order valence-electron chi connectivity index (χ4n) is 2.80. The molecule has 2 heteroatoms. The highest BCUT2D eigenvalue weighted by molar-refractivity contribution is 5.56. The number of rotatable bonds is 5. The molecule has 1 heterocycles. The van der Waals surface area contributed by atoms with Gasteiger partial charge in [-0.05, 0) is 42.5 Å². The lowest BCUT2D eigenvalue weighted by Gasteiger charge is -2.14. The molecule has 0 bridgehead atoms. The van der Waals surface area contributed by atoms with Crippen molar-refractivity contribution >= 4 is 5.69 Å². The van der Waals surface area contributed by atoms with Crippen LogP contribution in [0.25, 0.3) is 0 Å². The number of benzene rings is 2. The Labute approximate surface area is 121 Å². The van der Waals surface area contributed by atoms with E-state index in [1.165, 1.54) is 22.4 Å². The van der Waals surface area contributed by atoms with Gasteiger partial charge in [0.05, 0.1) is 0 Å². The van der Waals surface area contributed by atoms with Gasteiger partial charge in [0.15, 0.2) is 0 Å². The Bertz CT molecular complexity index is 563. The van der Waals surface area contributed by atoms with Gasteiger partial charge in [0.25, 0.3) is 0 Å². The van der Waals surface area contributed by atoms with Crippen molar-refractivity contribution in [2.24, 2.45) is 0 Å². The molecule has 0 radical (unpaired) electrons. The van der Waals surface area contributed by atoms with Gasteiger partial charge in [0.1, 0.15) is 0 Å². The van der Waals surface area contributed by atoms with Crippen LogP contribution < -0.4 is 10.6 Å². The molecule has 1 unspecified atom stereocenters. The Kier molecular flexibility index (Phi) is 4.03. The van der Waals surface area contributed by atoms with Gasteiger partial charge in [-0.25, -0.2) is 0 Å². The third kappa shape index (κ3) is 3.20. The van der Waals surface area contributed by atoms with Crippen LogP contribution in [0.2, 0.25) is 0 Å². The zero-order valence-corrected chi connectivity index (χ0v) is 12.0. The second kappa shape index (κ2) is 6.10. The van der Waals surface area contributed by atoms with Gasteiger partial charge in [0.2, 0.25) is 0 Å². The monoisotopic (exact) mass is 266 g/mol. The summed E-state index contributed by atoms with van der Waals surface area (Å²) < 4.78 is 0. The van der Waals surface area contributed by atoms with Gasteiger partial charge in [0, 0.05) is 24.8 Å². The molecule has 1 aliphatic rings. The van der Waals surface area contributed by atoms with Gasteiger partial charge in [-0.1, -0.05) is 42.5 Å². The van der Waals surface area contributed by atoms with E-state index in [4.69, 9.17) is 0 Å². The van der Waals surface area contributed by atoms with Crippen molar-refractivity contribution < 1.29 is 0 Å². The lowest BCUT2D eigenvalue weighted by Crippen LogP contribution is -2.27. The predicted octanol–water partition coefficient (Wildman–Crippen LogP) is 3.38. The second-order valence-electron chi connectivity index (χ2n) is 5.64. The summed E-state index contributed by atoms with van der Waals surface area (Å²) in [7, 11) is 0. The highest BCUT2D eigenvalue weighted by atomic mass is 14.9. The van der Waals surface area contributed by atoms with Crippen molar-refractivity contribution in [3.63, 3.8) is 0 Å². The Balaban J connectivity index is 1.55. The van der Waals surface area contributed by atoms with Crippen molar-refractivity contribution in [1.29, 1.82) is 0 Å². The number of hydrogen-bond donors (Lipinski definition) is 2. The molecule has 0 aromatic heterocycles. The second-order valence-corrected chi connectivity index (χ2v) is 5.64. The summed E-state index contributed by atoms with van der Waals surface area (Å²) in [5.41, 5.74) is 5.56. The predicted molar refractivity (Wildman–Crippen MR) is 85.1 cm³/mol. The van der Waals surface area contributed by atoms with Crippen LogP contribution in [-0.2, 0) is 19.4 Å². The summed E-state index contributed by atoms with van der Waals surface area (Å²) in [6.07, 6.45) is 2.25. The first-order chi connectivity index (χ1) is 9.81. The largest absolute Gasteiger partial charge is 0.384 e. The highest BCUT2D eigenvalue weighted by Crippen LogP contribution is 2.23. The molecule has 0 saturated carbocycles. The zero-order chi connectivity index (χ0) is 13.8. The quantitative estimate of drug-likeness (QED) is 0.867. The molecular formula is C18H22N2. The van der Waals surface area contributed by atoms with E-state index in [0.717, 1.165) is 25.9 Å². The normalized spacial score (nSPS) is 14.7. The van der Waals surface area contributed by atoms with E-state index in [2.05, 4.69) is 66.1 Å². The lowest BCUT2D eigenvalue weighted by molar-refractivity contribution is 0.545. The first-order valence-electron chi connectivity index (χ1n) is 7.44. The maximum atomic E-state index is 3.60. The summed E-state index contributed by atoms with van der Waals surface area (Å²) >= 11 is 0. The molecule has 0 aliphatic carbocycles. The molecule has 20 heavy (non-hydrogen) atoms. The first kappa shape index (κ1) is 13.2. The minimum absolute atomic E-state index is 0.489. The molecule has 2 aromatic rings. The molecule has 0 saturated heterocycles. The highest BCUT2D eigenvalue weighted by Gasteiger charge is 2.11. The summed E-state index contributed by atoms with van der Waals surface area (Å²) in [4.78, 5) is 0. The molecule has 2 aromatic carbocycles. The fourth-order valence-corrected chi connectivity index (χ4v) is 2.80. The van der Waals surface area contributed by atoms with Crippen LogP contribution >= 0.6 is 0 Å². The van der Waals surface area contributed by atoms with Crippen molar-refractivity contribution in [3.05, 3.63) is 65.2 Å². The Morgan fingerprint density at radius 3 is 2.80 bits per heavy atom.